The molecule has 0 bridgehead atoms. The lowest BCUT2D eigenvalue weighted by molar-refractivity contribution is -0.384. The van der Waals surface area contributed by atoms with Gasteiger partial charge in [0.15, 0.2) is 5.43 Å². The minimum atomic E-state index is -0.840. The van der Waals surface area contributed by atoms with Gasteiger partial charge in [0.1, 0.15) is 5.58 Å². The molecule has 1 atom stereocenters. The van der Waals surface area contributed by atoms with Crippen molar-refractivity contribution < 1.29 is 14.1 Å². The minimum Gasteiger partial charge on any atom is -0.450 e. The first-order chi connectivity index (χ1) is 15.8. The maximum Gasteiger partial charge on any atom is 0.291 e. The number of aryl methyl sites for hydroxylation is 1. The number of nitro groups is 1. The van der Waals surface area contributed by atoms with Crippen molar-refractivity contribution in [3.8, 4) is 0 Å². The van der Waals surface area contributed by atoms with Gasteiger partial charge in [0.2, 0.25) is 5.76 Å². The molecule has 0 radical (unpaired) electrons. The maximum atomic E-state index is 13.5. The number of nitro benzene ring substituents is 1. The summed E-state index contributed by atoms with van der Waals surface area (Å²) < 4.78 is 5.89. The van der Waals surface area contributed by atoms with Crippen LogP contribution in [-0.2, 0) is 6.54 Å². The number of fused-ring (bicyclic) bond motifs is 2. The van der Waals surface area contributed by atoms with E-state index in [1.165, 1.54) is 23.1 Å². The summed E-state index contributed by atoms with van der Waals surface area (Å²) in [6.45, 7) is 2.17. The fraction of sp³-hybridized carbons (Fsp3) is 0.120. The van der Waals surface area contributed by atoms with E-state index < -0.39 is 16.9 Å². The SMILES string of the molecule is Cc1ccc(CN2C(=O)c3oc4ccc(Cl)cc4c(=O)c3C2c2cccc([N+](=O)[O-])c2)cc1. The summed E-state index contributed by atoms with van der Waals surface area (Å²) in [6, 6.07) is 17.4. The number of amides is 1. The van der Waals surface area contributed by atoms with Crippen molar-refractivity contribution in [1.29, 1.82) is 0 Å². The quantitative estimate of drug-likeness (QED) is 0.300. The first kappa shape index (κ1) is 20.9. The van der Waals surface area contributed by atoms with Gasteiger partial charge in [0.25, 0.3) is 11.6 Å². The number of hydrogen-bond donors (Lipinski definition) is 0. The van der Waals surface area contributed by atoms with Gasteiger partial charge in [-0.3, -0.25) is 19.7 Å². The molecule has 2 heterocycles. The van der Waals surface area contributed by atoms with Crippen molar-refractivity contribution >= 4 is 34.2 Å². The minimum absolute atomic E-state index is 0.0570. The first-order valence-corrected chi connectivity index (χ1v) is 10.6. The molecule has 0 saturated carbocycles. The van der Waals surface area contributed by atoms with E-state index in [0.29, 0.717) is 10.6 Å². The molecular weight excluding hydrogens is 444 g/mol. The number of rotatable bonds is 4. The molecule has 0 aliphatic carbocycles. The van der Waals surface area contributed by atoms with E-state index in [9.17, 15) is 19.7 Å². The largest absolute Gasteiger partial charge is 0.450 e. The van der Waals surface area contributed by atoms with Crippen LogP contribution < -0.4 is 5.43 Å². The van der Waals surface area contributed by atoms with Crippen molar-refractivity contribution in [1.82, 2.24) is 4.90 Å². The van der Waals surface area contributed by atoms with Crippen LogP contribution >= 0.6 is 11.6 Å². The smallest absolute Gasteiger partial charge is 0.291 e. The summed E-state index contributed by atoms with van der Waals surface area (Å²) >= 11 is 6.10. The lowest BCUT2D eigenvalue weighted by atomic mass is 9.97. The zero-order valence-corrected chi connectivity index (χ0v) is 18.2. The van der Waals surface area contributed by atoms with Crippen LogP contribution in [0.3, 0.4) is 0 Å². The van der Waals surface area contributed by atoms with Gasteiger partial charge >= 0.3 is 0 Å². The average Bonchev–Trinajstić information content (AvgIpc) is 3.08. The molecule has 1 aromatic heterocycles. The van der Waals surface area contributed by atoms with E-state index in [4.69, 9.17) is 16.0 Å². The normalized spacial score (nSPS) is 15.2. The van der Waals surface area contributed by atoms with Gasteiger partial charge in [-0.1, -0.05) is 53.6 Å². The van der Waals surface area contributed by atoms with Gasteiger partial charge < -0.3 is 9.32 Å². The molecule has 4 aromatic rings. The van der Waals surface area contributed by atoms with Crippen LogP contribution in [-0.4, -0.2) is 15.7 Å². The third kappa shape index (κ3) is 3.56. The summed E-state index contributed by atoms with van der Waals surface area (Å²) in [4.78, 5) is 39.4. The van der Waals surface area contributed by atoms with Crippen molar-refractivity contribution in [2.75, 3.05) is 0 Å². The number of benzene rings is 3. The Morgan fingerprint density at radius 3 is 2.55 bits per heavy atom. The van der Waals surface area contributed by atoms with Gasteiger partial charge in [-0.15, -0.1) is 0 Å². The Morgan fingerprint density at radius 2 is 1.82 bits per heavy atom. The number of non-ortho nitro benzene ring substituents is 1. The summed E-state index contributed by atoms with van der Waals surface area (Å²) in [5, 5.41) is 12.0. The first-order valence-electron chi connectivity index (χ1n) is 10.2. The van der Waals surface area contributed by atoms with Crippen molar-refractivity contribution in [2.45, 2.75) is 19.5 Å². The lowest BCUT2D eigenvalue weighted by Crippen LogP contribution is -2.29. The fourth-order valence-corrected chi connectivity index (χ4v) is 4.37. The number of carbonyl (C=O) groups is 1. The van der Waals surface area contributed by atoms with Crippen LogP contribution in [0.5, 0.6) is 0 Å². The Labute approximate surface area is 193 Å². The molecule has 1 amide bonds. The second-order valence-electron chi connectivity index (χ2n) is 7.99. The monoisotopic (exact) mass is 460 g/mol. The zero-order valence-electron chi connectivity index (χ0n) is 17.4. The Kier molecular flexibility index (Phi) is 4.98. The molecule has 8 heteroatoms. The standard InChI is InChI=1S/C25H17ClN2O5/c1-14-5-7-15(8-6-14)13-27-22(16-3-2-4-18(11-16)28(31)32)21-23(29)19-12-17(26)9-10-20(19)33-24(21)25(27)30/h2-12,22H,13H2,1H3. The molecule has 3 aromatic carbocycles. The van der Waals surface area contributed by atoms with Crippen LogP contribution in [0.4, 0.5) is 5.69 Å². The number of nitrogens with zero attached hydrogens (tertiary/aromatic N) is 2. The molecule has 0 fully saturated rings. The van der Waals surface area contributed by atoms with Crippen molar-refractivity contribution in [3.63, 3.8) is 0 Å². The number of halogens is 1. The van der Waals surface area contributed by atoms with Crippen LogP contribution in [0.1, 0.15) is 38.9 Å². The van der Waals surface area contributed by atoms with E-state index in [1.807, 2.05) is 31.2 Å². The molecule has 0 N–H and O–H groups in total. The zero-order chi connectivity index (χ0) is 23.3. The molecule has 0 spiro atoms. The number of carbonyl (C=O) groups excluding carboxylic acids is 1. The highest BCUT2D eigenvalue weighted by atomic mass is 35.5. The topological polar surface area (TPSA) is 93.7 Å². The van der Waals surface area contributed by atoms with Crippen LogP contribution in [0.15, 0.2) is 75.9 Å². The Balaban J connectivity index is 1.73. The Hall–Kier alpha value is -3.97. The van der Waals surface area contributed by atoms with Crippen LogP contribution in [0, 0.1) is 17.0 Å². The van der Waals surface area contributed by atoms with Gasteiger partial charge in [-0.25, -0.2) is 0 Å². The van der Waals surface area contributed by atoms with Gasteiger partial charge in [-0.2, -0.15) is 0 Å². The maximum absolute atomic E-state index is 13.5. The molecule has 33 heavy (non-hydrogen) atoms. The Bertz CT molecular complexity index is 1490. The lowest BCUT2D eigenvalue weighted by Gasteiger charge is -2.25. The average molecular weight is 461 g/mol. The van der Waals surface area contributed by atoms with E-state index in [-0.39, 0.29) is 40.0 Å². The molecule has 7 nitrogen and oxygen atoms in total. The van der Waals surface area contributed by atoms with Crippen molar-refractivity contribution in [2.24, 2.45) is 0 Å². The summed E-state index contributed by atoms with van der Waals surface area (Å²) in [7, 11) is 0. The van der Waals surface area contributed by atoms with Crippen molar-refractivity contribution in [3.05, 3.63) is 120 Å². The molecule has 0 saturated heterocycles. The molecule has 1 aliphatic heterocycles. The molecule has 5 rings (SSSR count). The summed E-state index contributed by atoms with van der Waals surface area (Å²) in [6.07, 6.45) is 0. The third-order valence-corrected chi connectivity index (χ3v) is 6.03. The molecule has 1 aliphatic rings. The summed E-state index contributed by atoms with van der Waals surface area (Å²) in [5.41, 5.74) is 2.29. The van der Waals surface area contributed by atoms with E-state index >= 15 is 0 Å². The number of hydrogen-bond acceptors (Lipinski definition) is 5. The fourth-order valence-electron chi connectivity index (χ4n) is 4.20. The Morgan fingerprint density at radius 1 is 1.06 bits per heavy atom. The van der Waals surface area contributed by atoms with E-state index in [1.54, 1.807) is 24.3 Å². The van der Waals surface area contributed by atoms with Crippen LogP contribution in [0.25, 0.3) is 11.0 Å². The highest BCUT2D eigenvalue weighted by molar-refractivity contribution is 6.31. The highest BCUT2D eigenvalue weighted by Crippen LogP contribution is 2.40. The predicted octanol–water partition coefficient (Wildman–Crippen LogP) is 5.41. The molecular formula is C25H17ClN2O5. The van der Waals surface area contributed by atoms with Gasteiger partial charge in [0.05, 0.1) is 21.9 Å². The third-order valence-electron chi connectivity index (χ3n) is 5.80. The summed E-state index contributed by atoms with van der Waals surface area (Å²) in [5.74, 6) is -0.505. The van der Waals surface area contributed by atoms with Gasteiger partial charge in [0, 0.05) is 23.7 Å². The second kappa shape index (κ2) is 7.86. The van der Waals surface area contributed by atoms with Crippen LogP contribution in [0.2, 0.25) is 5.02 Å². The predicted molar refractivity (Wildman–Crippen MR) is 123 cm³/mol. The van der Waals surface area contributed by atoms with Gasteiger partial charge in [-0.05, 0) is 36.2 Å². The molecule has 1 unspecified atom stereocenters. The van der Waals surface area contributed by atoms with E-state index in [0.717, 1.165) is 11.1 Å². The second-order valence-corrected chi connectivity index (χ2v) is 8.42. The van der Waals surface area contributed by atoms with E-state index in [2.05, 4.69) is 0 Å². The highest BCUT2D eigenvalue weighted by Gasteiger charge is 2.43. The molecule has 164 valence electrons.